The van der Waals surface area contributed by atoms with Gasteiger partial charge in [0.1, 0.15) is 11.6 Å². The molecule has 13 heteroatoms. The average Bonchev–Trinajstić information content (AvgIpc) is 3.36. The molecule has 0 aliphatic heterocycles. The highest BCUT2D eigenvalue weighted by Gasteiger charge is 2.47. The second-order valence-electron chi connectivity index (χ2n) is 7.36. The van der Waals surface area contributed by atoms with E-state index in [1.165, 1.54) is 29.3 Å². The molecule has 0 bridgehead atoms. The predicted molar refractivity (Wildman–Crippen MR) is 105 cm³/mol. The van der Waals surface area contributed by atoms with Crippen molar-refractivity contribution in [3.05, 3.63) is 60.6 Å². The van der Waals surface area contributed by atoms with Gasteiger partial charge in [-0.1, -0.05) is 12.1 Å². The van der Waals surface area contributed by atoms with E-state index in [2.05, 4.69) is 30.6 Å². The molecule has 8 nitrogen and oxygen atoms in total. The molecule has 174 valence electrons. The van der Waals surface area contributed by atoms with Crippen LogP contribution in [0.2, 0.25) is 0 Å². The van der Waals surface area contributed by atoms with E-state index in [0.717, 1.165) is 12.3 Å². The van der Waals surface area contributed by atoms with E-state index < -0.39 is 48.9 Å². The largest absolute Gasteiger partial charge is 0.573 e. The first-order valence-corrected chi connectivity index (χ1v) is 9.72. The zero-order valence-corrected chi connectivity index (χ0v) is 16.8. The monoisotopic (exact) mass is 468 g/mol. The number of benzene rings is 1. The molecule has 1 fully saturated rings. The fourth-order valence-electron chi connectivity index (χ4n) is 3.59. The average molecular weight is 468 g/mol. The van der Waals surface area contributed by atoms with Crippen molar-refractivity contribution < 1.29 is 31.5 Å². The fraction of sp³-hybridized carbons (Fsp3) is 0.300. The molecule has 1 saturated carbocycles. The molecule has 2 aromatic heterocycles. The first-order chi connectivity index (χ1) is 15.6. The summed E-state index contributed by atoms with van der Waals surface area (Å²) >= 11 is 0. The lowest BCUT2D eigenvalue weighted by molar-refractivity contribution is -0.274. The summed E-state index contributed by atoms with van der Waals surface area (Å²) in [5.74, 6) is -4.14. The summed E-state index contributed by atoms with van der Waals surface area (Å²) in [6.45, 7) is 0. The molecule has 1 amide bonds. The van der Waals surface area contributed by atoms with Crippen molar-refractivity contribution >= 4 is 11.7 Å². The standard InChI is InChI=1S/C20H17F5N6O2/c21-19(22)9-14(29-17-6-5-12(11-26-17)33-20(23,24)25)15(10-19)30-18(32)13-3-1-2-4-16(13)31-27-7-8-28-31/h1-8,11,14-15H,9-10H2,(H,26,29)(H,30,32)/t14-,15+/m1/s1. The van der Waals surface area contributed by atoms with Gasteiger partial charge in [0.15, 0.2) is 0 Å². The Bertz CT molecular complexity index is 1100. The number of para-hydroxylation sites is 1. The van der Waals surface area contributed by atoms with E-state index >= 15 is 0 Å². The Morgan fingerprint density at radius 2 is 1.76 bits per heavy atom. The summed E-state index contributed by atoms with van der Waals surface area (Å²) in [5.41, 5.74) is 0.561. The lowest BCUT2D eigenvalue weighted by Crippen LogP contribution is -2.43. The Morgan fingerprint density at radius 1 is 1.06 bits per heavy atom. The maximum Gasteiger partial charge on any atom is 0.573 e. The minimum atomic E-state index is -4.87. The van der Waals surface area contributed by atoms with Crippen LogP contribution in [0, 0.1) is 0 Å². The number of nitrogens with zero attached hydrogens (tertiary/aromatic N) is 4. The van der Waals surface area contributed by atoms with Crippen LogP contribution in [0.4, 0.5) is 27.8 Å². The van der Waals surface area contributed by atoms with Crippen molar-refractivity contribution in [1.29, 1.82) is 0 Å². The third-order valence-corrected chi connectivity index (χ3v) is 4.93. The van der Waals surface area contributed by atoms with Crippen LogP contribution >= 0.6 is 0 Å². The topological polar surface area (TPSA) is 94.0 Å². The normalized spacial score (nSPS) is 19.8. The lowest BCUT2D eigenvalue weighted by atomic mass is 10.1. The maximum absolute atomic E-state index is 14.2. The van der Waals surface area contributed by atoms with Gasteiger partial charge in [-0.3, -0.25) is 4.79 Å². The molecule has 0 spiro atoms. The number of anilines is 1. The zero-order valence-electron chi connectivity index (χ0n) is 16.8. The number of rotatable bonds is 6. The van der Waals surface area contributed by atoms with Crippen LogP contribution in [-0.4, -0.2) is 50.3 Å². The Hall–Kier alpha value is -3.77. The van der Waals surface area contributed by atoms with Gasteiger partial charge < -0.3 is 15.4 Å². The van der Waals surface area contributed by atoms with E-state index in [-0.39, 0.29) is 11.4 Å². The first kappa shape index (κ1) is 22.4. The molecule has 3 aromatic rings. The lowest BCUT2D eigenvalue weighted by Gasteiger charge is -2.22. The second kappa shape index (κ2) is 8.64. The van der Waals surface area contributed by atoms with Gasteiger partial charge in [-0.15, -0.1) is 13.2 Å². The van der Waals surface area contributed by atoms with E-state index in [4.69, 9.17) is 0 Å². The van der Waals surface area contributed by atoms with Crippen LogP contribution in [0.1, 0.15) is 23.2 Å². The number of pyridine rings is 1. The minimum Gasteiger partial charge on any atom is -0.404 e. The number of amides is 1. The molecular formula is C20H17F5N6O2. The van der Waals surface area contributed by atoms with Gasteiger partial charge in [-0.25, -0.2) is 13.8 Å². The van der Waals surface area contributed by atoms with Crippen LogP contribution in [0.15, 0.2) is 55.0 Å². The molecule has 4 rings (SSSR count). The molecule has 2 atom stereocenters. The van der Waals surface area contributed by atoms with E-state index in [1.54, 1.807) is 18.2 Å². The molecule has 1 aliphatic carbocycles. The number of aromatic nitrogens is 4. The number of alkyl halides is 5. The minimum absolute atomic E-state index is 0.0626. The van der Waals surface area contributed by atoms with E-state index in [1.807, 2.05) is 0 Å². The Balaban J connectivity index is 1.49. The van der Waals surface area contributed by atoms with Gasteiger partial charge in [-0.05, 0) is 24.3 Å². The SMILES string of the molecule is O=C(N[C@H]1CC(F)(F)C[C@H]1Nc1ccc(OC(F)(F)F)cn1)c1ccccc1-n1nccn1. The predicted octanol–water partition coefficient (Wildman–Crippen LogP) is 3.57. The van der Waals surface area contributed by atoms with Crippen LogP contribution in [0.5, 0.6) is 5.75 Å². The highest BCUT2D eigenvalue weighted by molar-refractivity contribution is 5.98. The summed E-state index contributed by atoms with van der Waals surface area (Å²) in [4.78, 5) is 17.9. The van der Waals surface area contributed by atoms with Gasteiger partial charge in [0.25, 0.3) is 11.8 Å². The van der Waals surface area contributed by atoms with Crippen molar-refractivity contribution in [2.24, 2.45) is 0 Å². The van der Waals surface area contributed by atoms with Crippen molar-refractivity contribution in [3.63, 3.8) is 0 Å². The van der Waals surface area contributed by atoms with Gasteiger partial charge in [0.2, 0.25) is 0 Å². The number of halogens is 5. The molecule has 33 heavy (non-hydrogen) atoms. The van der Waals surface area contributed by atoms with Crippen molar-refractivity contribution in [2.45, 2.75) is 37.2 Å². The third-order valence-electron chi connectivity index (χ3n) is 4.93. The summed E-state index contributed by atoms with van der Waals surface area (Å²) in [6, 6.07) is 6.73. The quantitative estimate of drug-likeness (QED) is 0.538. The summed E-state index contributed by atoms with van der Waals surface area (Å²) in [7, 11) is 0. The first-order valence-electron chi connectivity index (χ1n) is 9.72. The molecule has 0 unspecified atom stereocenters. The number of hydrogen-bond donors (Lipinski definition) is 2. The Morgan fingerprint density at radius 3 is 2.42 bits per heavy atom. The van der Waals surface area contributed by atoms with Crippen molar-refractivity contribution in [1.82, 2.24) is 25.3 Å². The van der Waals surface area contributed by atoms with Crippen molar-refractivity contribution in [3.8, 4) is 11.4 Å². The third kappa shape index (κ3) is 5.54. The Kier molecular flexibility index (Phi) is 5.87. The van der Waals surface area contributed by atoms with Crippen LogP contribution in [-0.2, 0) is 0 Å². The van der Waals surface area contributed by atoms with Gasteiger partial charge in [-0.2, -0.15) is 15.0 Å². The summed E-state index contributed by atoms with van der Waals surface area (Å²) in [6.07, 6.45) is -2.39. The second-order valence-corrected chi connectivity index (χ2v) is 7.36. The summed E-state index contributed by atoms with van der Waals surface area (Å²) in [5, 5.41) is 13.4. The Labute approximate surface area is 183 Å². The molecule has 1 aromatic carbocycles. The number of carbonyl (C=O) groups is 1. The summed E-state index contributed by atoms with van der Waals surface area (Å²) < 4.78 is 69.0. The molecule has 1 aliphatic rings. The van der Waals surface area contributed by atoms with Gasteiger partial charge >= 0.3 is 6.36 Å². The zero-order chi connectivity index (χ0) is 23.6. The number of ether oxygens (including phenoxy) is 1. The van der Waals surface area contributed by atoms with Crippen LogP contribution in [0.25, 0.3) is 5.69 Å². The van der Waals surface area contributed by atoms with Crippen molar-refractivity contribution in [2.75, 3.05) is 5.32 Å². The van der Waals surface area contributed by atoms with Crippen LogP contribution < -0.4 is 15.4 Å². The molecular weight excluding hydrogens is 451 g/mol. The van der Waals surface area contributed by atoms with E-state index in [0.29, 0.717) is 5.69 Å². The smallest absolute Gasteiger partial charge is 0.404 e. The van der Waals surface area contributed by atoms with Gasteiger partial charge in [0, 0.05) is 12.8 Å². The van der Waals surface area contributed by atoms with Crippen LogP contribution in [0.3, 0.4) is 0 Å². The van der Waals surface area contributed by atoms with Gasteiger partial charge in [0.05, 0.1) is 41.9 Å². The van der Waals surface area contributed by atoms with E-state index in [9.17, 15) is 26.7 Å². The molecule has 0 saturated heterocycles. The molecule has 0 radical (unpaired) electrons. The number of hydrogen-bond acceptors (Lipinski definition) is 6. The fourth-order valence-corrected chi connectivity index (χ4v) is 3.59. The molecule has 2 N–H and O–H groups in total. The highest BCUT2D eigenvalue weighted by atomic mass is 19.4. The maximum atomic E-state index is 14.2. The number of carbonyl (C=O) groups excluding carboxylic acids is 1. The highest BCUT2D eigenvalue weighted by Crippen LogP contribution is 2.37. The number of nitrogens with one attached hydrogen (secondary N) is 2. The molecule has 2 heterocycles.